The van der Waals surface area contributed by atoms with Crippen molar-refractivity contribution in [3.05, 3.63) is 34.2 Å². The minimum atomic E-state index is -0.0909. The van der Waals surface area contributed by atoms with E-state index in [1.807, 2.05) is 6.07 Å². The van der Waals surface area contributed by atoms with E-state index in [2.05, 4.69) is 49.6 Å². The summed E-state index contributed by atoms with van der Waals surface area (Å²) in [7, 11) is 0. The zero-order valence-electron chi connectivity index (χ0n) is 13.6. The van der Waals surface area contributed by atoms with E-state index in [9.17, 15) is 4.79 Å². The van der Waals surface area contributed by atoms with Gasteiger partial charge >= 0.3 is 0 Å². The predicted octanol–water partition coefficient (Wildman–Crippen LogP) is 2.08. The van der Waals surface area contributed by atoms with Crippen molar-refractivity contribution >= 4 is 23.1 Å². The molecule has 0 aliphatic heterocycles. The maximum absolute atomic E-state index is 12.2. The van der Waals surface area contributed by atoms with Gasteiger partial charge in [-0.05, 0) is 18.4 Å². The van der Waals surface area contributed by atoms with Gasteiger partial charge in [0.05, 0.1) is 17.1 Å². The molecule has 0 aliphatic carbocycles. The van der Waals surface area contributed by atoms with Gasteiger partial charge in [0.2, 0.25) is 5.88 Å². The molecule has 22 heavy (non-hydrogen) atoms. The molecule has 2 aromatic heterocycles. The first-order valence-corrected chi connectivity index (χ1v) is 8.39. The van der Waals surface area contributed by atoms with E-state index >= 15 is 0 Å². The van der Waals surface area contributed by atoms with Crippen LogP contribution in [0, 0.1) is 0 Å². The van der Waals surface area contributed by atoms with Crippen LogP contribution in [-0.4, -0.2) is 24.2 Å². The van der Waals surface area contributed by atoms with E-state index in [1.54, 1.807) is 17.4 Å². The van der Waals surface area contributed by atoms with Crippen LogP contribution in [0.5, 0.6) is 0 Å². The monoisotopic (exact) mass is 322 g/mol. The number of amides is 1. The number of rotatable bonds is 6. The summed E-state index contributed by atoms with van der Waals surface area (Å²) in [6.07, 6.45) is 0. The lowest BCUT2D eigenvalue weighted by Gasteiger charge is -2.15. The second kappa shape index (κ2) is 7.07. The van der Waals surface area contributed by atoms with Crippen LogP contribution >= 0.6 is 11.3 Å². The Labute approximate surface area is 135 Å². The van der Waals surface area contributed by atoms with Gasteiger partial charge in [0.15, 0.2) is 6.54 Å². The Bertz CT molecular complexity index is 599. The number of carbonyl (C=O) groups excluding carboxylic acids is 1. The van der Waals surface area contributed by atoms with Crippen molar-refractivity contribution in [1.29, 1.82) is 0 Å². The van der Waals surface area contributed by atoms with Crippen molar-refractivity contribution in [3.8, 4) is 0 Å². The molecule has 0 aliphatic rings. The summed E-state index contributed by atoms with van der Waals surface area (Å²) in [6.45, 7) is 10.4. The topological polar surface area (TPSA) is 59.6 Å². The number of likely N-dealkylation sites (N-methyl/N-ethyl adjacent to an activating group) is 1. The number of hydrogen-bond donors (Lipinski definition) is 2. The van der Waals surface area contributed by atoms with Crippen LogP contribution in [-0.2, 0) is 16.8 Å². The number of carbonyl (C=O) groups is 1. The number of aromatic nitrogens is 1. The normalized spacial score (nSPS) is 13.1. The third-order valence-corrected chi connectivity index (χ3v) is 4.33. The van der Waals surface area contributed by atoms with Crippen molar-refractivity contribution in [2.75, 3.05) is 18.4 Å². The Morgan fingerprint density at radius 1 is 1.45 bits per heavy atom. The predicted molar refractivity (Wildman–Crippen MR) is 88.2 cm³/mol. The Morgan fingerprint density at radius 3 is 2.77 bits per heavy atom. The molecular weight excluding hydrogens is 298 g/mol. The highest BCUT2D eigenvalue weighted by atomic mass is 32.1. The summed E-state index contributed by atoms with van der Waals surface area (Å²) >= 11 is 1.72. The van der Waals surface area contributed by atoms with Crippen LogP contribution in [0.4, 0.5) is 5.88 Å². The van der Waals surface area contributed by atoms with E-state index in [1.165, 1.54) is 9.78 Å². The molecule has 2 heterocycles. The zero-order valence-corrected chi connectivity index (χ0v) is 14.4. The highest BCUT2D eigenvalue weighted by molar-refractivity contribution is 7.09. The molecule has 0 fully saturated rings. The number of anilines is 1. The number of quaternary nitrogens is 1. The molecule has 0 saturated heterocycles. The first-order chi connectivity index (χ1) is 10.4. The van der Waals surface area contributed by atoms with Gasteiger partial charge in [-0.15, -0.1) is 11.3 Å². The molecule has 0 aromatic carbocycles. The molecule has 1 amide bonds. The van der Waals surface area contributed by atoms with E-state index in [-0.39, 0.29) is 11.3 Å². The Balaban J connectivity index is 1.90. The van der Waals surface area contributed by atoms with Gasteiger partial charge in [-0.25, -0.2) is 0 Å². The van der Waals surface area contributed by atoms with Crippen LogP contribution < -0.4 is 10.2 Å². The fourth-order valence-electron chi connectivity index (χ4n) is 2.07. The Hall–Kier alpha value is -1.66. The molecule has 120 valence electrons. The lowest BCUT2D eigenvalue weighted by molar-refractivity contribution is -0.903. The van der Waals surface area contributed by atoms with E-state index in [0.29, 0.717) is 12.4 Å². The van der Waals surface area contributed by atoms with Crippen molar-refractivity contribution < 1.29 is 14.2 Å². The third kappa shape index (κ3) is 4.68. The van der Waals surface area contributed by atoms with Gasteiger partial charge in [-0.2, -0.15) is 0 Å². The summed E-state index contributed by atoms with van der Waals surface area (Å²) in [4.78, 5) is 14.7. The van der Waals surface area contributed by atoms with Gasteiger partial charge in [0.25, 0.3) is 5.91 Å². The molecular formula is C16H24N3O2S+. The molecule has 1 atom stereocenters. The summed E-state index contributed by atoms with van der Waals surface area (Å²) in [5, 5.41) is 8.86. The fraction of sp³-hybridized carbons (Fsp3) is 0.500. The average molecular weight is 322 g/mol. The van der Waals surface area contributed by atoms with E-state index in [0.717, 1.165) is 18.8 Å². The molecule has 0 saturated carbocycles. The summed E-state index contributed by atoms with van der Waals surface area (Å²) in [5.41, 5.74) is 0.743. The minimum Gasteiger partial charge on any atom is -0.338 e. The smallest absolute Gasteiger partial charge is 0.281 e. The molecule has 1 unspecified atom stereocenters. The molecule has 0 bridgehead atoms. The number of nitrogens with zero attached hydrogens (tertiary/aromatic N) is 1. The quantitative estimate of drug-likeness (QED) is 0.856. The van der Waals surface area contributed by atoms with Crippen molar-refractivity contribution in [3.63, 3.8) is 0 Å². The largest absolute Gasteiger partial charge is 0.338 e. The number of thiophene rings is 1. The number of hydrogen-bond acceptors (Lipinski definition) is 4. The molecule has 2 N–H and O–H groups in total. The number of nitrogens with one attached hydrogen (secondary N) is 2. The molecule has 2 rings (SSSR count). The van der Waals surface area contributed by atoms with Crippen LogP contribution in [0.3, 0.4) is 0 Å². The lowest BCUT2D eigenvalue weighted by atomic mass is 9.92. The molecule has 6 heteroatoms. The summed E-state index contributed by atoms with van der Waals surface area (Å²) in [5.74, 6) is 0.367. The first-order valence-electron chi connectivity index (χ1n) is 7.51. The SMILES string of the molecule is CC[NH+](CC(=O)Nc1cc(C(C)(C)C)no1)Cc1cccs1. The minimum absolute atomic E-state index is 0.0509. The Morgan fingerprint density at radius 2 is 2.23 bits per heavy atom. The highest BCUT2D eigenvalue weighted by Crippen LogP contribution is 2.23. The van der Waals surface area contributed by atoms with Gasteiger partial charge in [0.1, 0.15) is 6.54 Å². The summed E-state index contributed by atoms with van der Waals surface area (Å²) < 4.78 is 5.19. The van der Waals surface area contributed by atoms with Gasteiger partial charge in [-0.3, -0.25) is 10.1 Å². The van der Waals surface area contributed by atoms with Crippen molar-refractivity contribution in [2.24, 2.45) is 0 Å². The first kappa shape index (κ1) is 16.7. The maximum Gasteiger partial charge on any atom is 0.281 e. The average Bonchev–Trinajstić information content (AvgIpc) is 3.08. The van der Waals surface area contributed by atoms with Crippen molar-refractivity contribution in [2.45, 2.75) is 39.7 Å². The van der Waals surface area contributed by atoms with Gasteiger partial charge < -0.3 is 9.42 Å². The molecule has 5 nitrogen and oxygen atoms in total. The molecule has 0 radical (unpaired) electrons. The van der Waals surface area contributed by atoms with E-state index in [4.69, 9.17) is 4.52 Å². The molecule has 2 aromatic rings. The lowest BCUT2D eigenvalue weighted by Crippen LogP contribution is -3.11. The highest BCUT2D eigenvalue weighted by Gasteiger charge is 2.20. The van der Waals surface area contributed by atoms with Gasteiger partial charge in [0, 0.05) is 11.5 Å². The molecule has 0 spiro atoms. The van der Waals surface area contributed by atoms with Crippen LogP contribution in [0.15, 0.2) is 28.1 Å². The van der Waals surface area contributed by atoms with E-state index < -0.39 is 0 Å². The Kier molecular flexibility index (Phi) is 5.37. The van der Waals surface area contributed by atoms with Crippen LogP contribution in [0.2, 0.25) is 0 Å². The standard InChI is InChI=1S/C16H23N3O2S/c1-5-19(10-12-7-6-8-22-12)11-14(20)17-15-9-13(18-21-15)16(2,3)4/h6-9H,5,10-11H2,1-4H3,(H,17,20)/p+1. The third-order valence-electron chi connectivity index (χ3n) is 3.46. The summed E-state index contributed by atoms with van der Waals surface area (Å²) in [6, 6.07) is 5.93. The maximum atomic E-state index is 12.2. The second-order valence-corrected chi connectivity index (χ2v) is 7.44. The van der Waals surface area contributed by atoms with Crippen LogP contribution in [0.1, 0.15) is 38.3 Å². The fourth-order valence-corrected chi connectivity index (χ4v) is 2.84. The van der Waals surface area contributed by atoms with Gasteiger partial charge in [-0.1, -0.05) is 32.0 Å². The van der Waals surface area contributed by atoms with Crippen LogP contribution in [0.25, 0.3) is 0 Å². The zero-order chi connectivity index (χ0) is 16.2. The van der Waals surface area contributed by atoms with Crippen molar-refractivity contribution in [1.82, 2.24) is 5.16 Å². The second-order valence-electron chi connectivity index (χ2n) is 6.41.